The van der Waals surface area contributed by atoms with Crippen LogP contribution in [0.25, 0.3) is 5.57 Å². The number of esters is 2. The van der Waals surface area contributed by atoms with E-state index < -0.39 is 5.60 Å². The molecule has 0 bridgehead atoms. The molecule has 0 saturated heterocycles. The van der Waals surface area contributed by atoms with Gasteiger partial charge in [0.2, 0.25) is 0 Å². The van der Waals surface area contributed by atoms with Gasteiger partial charge in [-0.2, -0.15) is 0 Å². The van der Waals surface area contributed by atoms with Crippen molar-refractivity contribution in [3.8, 4) is 0 Å². The highest BCUT2D eigenvalue weighted by atomic mass is 16.6. The van der Waals surface area contributed by atoms with Crippen LogP contribution in [0.5, 0.6) is 0 Å². The topological polar surface area (TPSA) is 61.8 Å². The maximum Gasteiger partial charge on any atom is 0.343 e. The number of methoxy groups -OCH3 is 1. The second-order valence-electron chi connectivity index (χ2n) is 9.55. The fraction of sp³-hybridized carbons (Fsp3) is 0.630. The van der Waals surface area contributed by atoms with Gasteiger partial charge in [-0.25, -0.2) is 4.79 Å². The van der Waals surface area contributed by atoms with E-state index in [0.717, 1.165) is 55.4 Å². The van der Waals surface area contributed by atoms with Crippen LogP contribution in [0.2, 0.25) is 0 Å². The molecule has 1 heterocycles. The molecular weight excluding hydrogens is 404 g/mol. The van der Waals surface area contributed by atoms with Crippen LogP contribution in [0.4, 0.5) is 0 Å². The molecule has 0 radical (unpaired) electrons. The summed E-state index contributed by atoms with van der Waals surface area (Å²) in [7, 11) is 1.72. The zero-order valence-corrected chi connectivity index (χ0v) is 20.5. The number of ether oxygens (including phenoxy) is 3. The number of aryl methyl sites for hydroxylation is 3. The molecular formula is C27H38O5. The monoisotopic (exact) mass is 442 g/mol. The molecule has 1 aliphatic heterocycles. The summed E-state index contributed by atoms with van der Waals surface area (Å²) in [5.41, 5.74) is 3.87. The summed E-state index contributed by atoms with van der Waals surface area (Å²) in [6, 6.07) is 4.26. The predicted octanol–water partition coefficient (Wildman–Crippen LogP) is 5.55. The molecule has 3 rings (SSSR count). The molecule has 0 aromatic heterocycles. The summed E-state index contributed by atoms with van der Waals surface area (Å²) in [6.07, 6.45) is 5.76. The first kappa shape index (κ1) is 24.5. The molecule has 1 aliphatic carbocycles. The normalized spacial score (nSPS) is 23.2. The Hall–Kier alpha value is -2.14. The van der Waals surface area contributed by atoms with Crippen LogP contribution >= 0.6 is 0 Å². The van der Waals surface area contributed by atoms with E-state index in [9.17, 15) is 9.59 Å². The molecule has 5 nitrogen and oxygen atoms in total. The first-order valence-corrected chi connectivity index (χ1v) is 12.1. The van der Waals surface area contributed by atoms with Crippen LogP contribution in [0.1, 0.15) is 82.1 Å². The third-order valence-electron chi connectivity index (χ3n) is 6.91. The van der Waals surface area contributed by atoms with Gasteiger partial charge in [0.1, 0.15) is 5.57 Å². The van der Waals surface area contributed by atoms with E-state index in [1.165, 1.54) is 5.56 Å². The maximum atomic E-state index is 13.4. The van der Waals surface area contributed by atoms with Crippen LogP contribution < -0.4 is 0 Å². The highest BCUT2D eigenvalue weighted by Crippen LogP contribution is 2.50. The van der Waals surface area contributed by atoms with E-state index in [4.69, 9.17) is 14.2 Å². The lowest BCUT2D eigenvalue weighted by atomic mass is 9.75. The third kappa shape index (κ3) is 4.78. The van der Waals surface area contributed by atoms with Gasteiger partial charge in [-0.05, 0) is 74.5 Å². The Morgan fingerprint density at radius 3 is 2.25 bits per heavy atom. The Bertz CT molecular complexity index is 862. The molecule has 32 heavy (non-hydrogen) atoms. The fourth-order valence-corrected chi connectivity index (χ4v) is 5.04. The number of hydrogen-bond donors (Lipinski definition) is 0. The maximum absolute atomic E-state index is 13.4. The van der Waals surface area contributed by atoms with Crippen LogP contribution in [0.3, 0.4) is 0 Å². The van der Waals surface area contributed by atoms with Crippen LogP contribution in [0, 0.1) is 18.8 Å². The van der Waals surface area contributed by atoms with Gasteiger partial charge in [-0.3, -0.25) is 4.79 Å². The predicted molar refractivity (Wildman–Crippen MR) is 125 cm³/mol. The van der Waals surface area contributed by atoms with Crippen molar-refractivity contribution in [3.63, 3.8) is 0 Å². The summed E-state index contributed by atoms with van der Waals surface area (Å²) in [5, 5.41) is 0. The fourth-order valence-electron chi connectivity index (χ4n) is 5.04. The van der Waals surface area contributed by atoms with E-state index >= 15 is 0 Å². The van der Waals surface area contributed by atoms with Gasteiger partial charge >= 0.3 is 11.9 Å². The minimum Gasteiger partial charge on any atom is -0.447 e. The van der Waals surface area contributed by atoms with Gasteiger partial charge in [0.05, 0.1) is 5.92 Å². The molecule has 0 amide bonds. The van der Waals surface area contributed by atoms with E-state index in [-0.39, 0.29) is 17.9 Å². The average Bonchev–Trinajstić information content (AvgIpc) is 3.02. The van der Waals surface area contributed by atoms with Gasteiger partial charge in [0, 0.05) is 13.7 Å². The summed E-state index contributed by atoms with van der Waals surface area (Å²) in [5.74, 6) is 0.00527. The molecule has 1 aromatic carbocycles. The summed E-state index contributed by atoms with van der Waals surface area (Å²) >= 11 is 0. The van der Waals surface area contributed by atoms with Crippen molar-refractivity contribution in [2.75, 3.05) is 13.7 Å². The first-order valence-electron chi connectivity index (χ1n) is 12.1. The van der Waals surface area contributed by atoms with E-state index in [1.54, 1.807) is 7.11 Å². The van der Waals surface area contributed by atoms with Crippen molar-refractivity contribution >= 4 is 17.5 Å². The number of hydrogen-bond acceptors (Lipinski definition) is 5. The Labute approximate surface area is 192 Å². The lowest BCUT2D eigenvalue weighted by Crippen LogP contribution is -2.38. The van der Waals surface area contributed by atoms with Gasteiger partial charge in [0.15, 0.2) is 11.4 Å². The first-order chi connectivity index (χ1) is 15.3. The van der Waals surface area contributed by atoms with Gasteiger partial charge in [0.25, 0.3) is 0 Å². The molecule has 176 valence electrons. The molecule has 1 aromatic rings. The van der Waals surface area contributed by atoms with E-state index in [1.807, 2.05) is 13.8 Å². The largest absolute Gasteiger partial charge is 0.447 e. The molecule has 1 fully saturated rings. The average molecular weight is 443 g/mol. The van der Waals surface area contributed by atoms with E-state index in [2.05, 4.69) is 32.9 Å². The lowest BCUT2D eigenvalue weighted by Gasteiger charge is -2.37. The van der Waals surface area contributed by atoms with Crippen molar-refractivity contribution in [1.29, 1.82) is 0 Å². The minimum absolute atomic E-state index is 0.288. The number of benzene rings is 1. The van der Waals surface area contributed by atoms with Crippen molar-refractivity contribution in [2.24, 2.45) is 11.8 Å². The zero-order chi connectivity index (χ0) is 23.5. The quantitative estimate of drug-likeness (QED) is 0.494. The van der Waals surface area contributed by atoms with Crippen molar-refractivity contribution in [2.45, 2.75) is 85.2 Å². The van der Waals surface area contributed by atoms with E-state index in [0.29, 0.717) is 30.1 Å². The number of rotatable bonds is 8. The van der Waals surface area contributed by atoms with Crippen molar-refractivity contribution in [1.82, 2.24) is 0 Å². The van der Waals surface area contributed by atoms with Crippen molar-refractivity contribution in [3.05, 3.63) is 40.1 Å². The molecule has 1 saturated carbocycles. The number of carbonyl (C=O) groups excluding carboxylic acids is 2. The van der Waals surface area contributed by atoms with Crippen LogP contribution in [-0.4, -0.2) is 31.3 Å². The van der Waals surface area contributed by atoms with Crippen LogP contribution in [0.15, 0.2) is 17.9 Å². The molecule has 0 atom stereocenters. The highest BCUT2D eigenvalue weighted by Gasteiger charge is 2.52. The smallest absolute Gasteiger partial charge is 0.343 e. The third-order valence-corrected chi connectivity index (χ3v) is 6.91. The molecule has 2 aliphatic rings. The second-order valence-corrected chi connectivity index (χ2v) is 9.55. The molecule has 5 heteroatoms. The standard InChI is InChI=1S/C27H38O5/c1-7-20-15-18(5)16-21(8-2)22(20)23-24(31-25(28)17(3)4)27(32-26(23)29)12-9-19(10-13-27)11-14-30-6/h15-17,19H,7-14H2,1-6H3. The summed E-state index contributed by atoms with van der Waals surface area (Å²) < 4.78 is 17.4. The van der Waals surface area contributed by atoms with Crippen molar-refractivity contribution < 1.29 is 23.8 Å². The lowest BCUT2D eigenvalue weighted by molar-refractivity contribution is -0.157. The molecule has 0 unspecified atom stereocenters. The Balaban J connectivity index is 2.12. The Morgan fingerprint density at radius 1 is 1.16 bits per heavy atom. The van der Waals surface area contributed by atoms with Gasteiger partial charge in [-0.1, -0.05) is 45.4 Å². The second kappa shape index (κ2) is 10.2. The van der Waals surface area contributed by atoms with Gasteiger partial charge < -0.3 is 14.2 Å². The Morgan fingerprint density at radius 2 is 1.75 bits per heavy atom. The highest BCUT2D eigenvalue weighted by molar-refractivity contribution is 6.21. The SMILES string of the molecule is CCc1cc(C)cc(CC)c1C1=C(OC(=O)C(C)C)C2(CCC(CCOC)CC2)OC1=O. The number of carbonyl (C=O) groups is 2. The Kier molecular flexibility index (Phi) is 7.81. The minimum atomic E-state index is -0.846. The molecule has 1 spiro atoms. The summed E-state index contributed by atoms with van der Waals surface area (Å²) in [4.78, 5) is 26.1. The molecule has 0 N–H and O–H groups in total. The summed E-state index contributed by atoms with van der Waals surface area (Å²) in [6.45, 7) is 10.6. The van der Waals surface area contributed by atoms with Gasteiger partial charge in [-0.15, -0.1) is 0 Å². The van der Waals surface area contributed by atoms with Crippen LogP contribution in [-0.2, 0) is 36.6 Å². The zero-order valence-electron chi connectivity index (χ0n) is 20.5.